The number of nitrogens with one attached hydrogen (secondary N) is 1. The topological polar surface area (TPSA) is 64.3 Å². The fraction of sp³-hybridized carbons (Fsp3) is 0.533. The smallest absolute Gasteiger partial charge is 0.223 e. The third-order valence-corrected chi connectivity index (χ3v) is 3.91. The van der Waals surface area contributed by atoms with E-state index in [-0.39, 0.29) is 29.7 Å². The third kappa shape index (κ3) is 2.50. The number of nitrogens with two attached hydrogens (primary N) is 1. The second-order valence-electron chi connectivity index (χ2n) is 5.68. The SMILES string of the molecule is CC(N)c1cc(F)c2c(c1)C(NC(=O)C1CC1)CCO2. The van der Waals surface area contributed by atoms with Crippen LogP contribution in [0.25, 0.3) is 0 Å². The summed E-state index contributed by atoms with van der Waals surface area (Å²) in [5, 5.41) is 3.00. The molecule has 1 saturated carbocycles. The van der Waals surface area contributed by atoms with Crippen molar-refractivity contribution in [2.75, 3.05) is 6.61 Å². The molecular weight excluding hydrogens is 259 g/mol. The molecule has 3 N–H and O–H groups in total. The number of halogens is 1. The van der Waals surface area contributed by atoms with Gasteiger partial charge >= 0.3 is 0 Å². The first kappa shape index (κ1) is 13.4. The summed E-state index contributed by atoms with van der Waals surface area (Å²) in [6, 6.07) is 2.82. The first-order valence-electron chi connectivity index (χ1n) is 7.08. The molecule has 1 aliphatic heterocycles. The molecule has 2 aliphatic rings. The van der Waals surface area contributed by atoms with Crippen LogP contribution in [-0.4, -0.2) is 12.5 Å². The Kier molecular flexibility index (Phi) is 3.38. The van der Waals surface area contributed by atoms with Gasteiger partial charge < -0.3 is 15.8 Å². The van der Waals surface area contributed by atoms with E-state index < -0.39 is 5.82 Å². The van der Waals surface area contributed by atoms with Gasteiger partial charge in [0.2, 0.25) is 5.91 Å². The summed E-state index contributed by atoms with van der Waals surface area (Å²) < 4.78 is 19.5. The number of hydrogen-bond acceptors (Lipinski definition) is 3. The Balaban J connectivity index is 1.91. The highest BCUT2D eigenvalue weighted by atomic mass is 19.1. The number of hydrogen-bond donors (Lipinski definition) is 2. The van der Waals surface area contributed by atoms with Crippen molar-refractivity contribution in [3.63, 3.8) is 0 Å². The van der Waals surface area contributed by atoms with Crippen molar-refractivity contribution in [2.24, 2.45) is 11.7 Å². The van der Waals surface area contributed by atoms with Gasteiger partial charge in [0.05, 0.1) is 12.6 Å². The van der Waals surface area contributed by atoms with E-state index in [0.717, 1.165) is 18.4 Å². The van der Waals surface area contributed by atoms with Crippen molar-refractivity contribution in [3.05, 3.63) is 29.1 Å². The van der Waals surface area contributed by atoms with Gasteiger partial charge in [-0.1, -0.05) is 0 Å². The summed E-state index contributed by atoms with van der Waals surface area (Å²) in [6.45, 7) is 2.22. The summed E-state index contributed by atoms with van der Waals surface area (Å²) in [5.41, 5.74) is 7.25. The number of benzene rings is 1. The predicted molar refractivity (Wildman–Crippen MR) is 72.7 cm³/mol. The van der Waals surface area contributed by atoms with E-state index in [4.69, 9.17) is 10.5 Å². The van der Waals surface area contributed by atoms with Crippen LogP contribution >= 0.6 is 0 Å². The number of rotatable bonds is 3. The molecule has 2 unspecified atom stereocenters. The molecule has 1 heterocycles. The molecule has 108 valence electrons. The highest BCUT2D eigenvalue weighted by Crippen LogP contribution is 2.37. The molecule has 1 aromatic rings. The fourth-order valence-electron chi connectivity index (χ4n) is 2.53. The lowest BCUT2D eigenvalue weighted by Gasteiger charge is -2.28. The first-order valence-corrected chi connectivity index (χ1v) is 7.08. The monoisotopic (exact) mass is 278 g/mol. The normalized spacial score (nSPS) is 22.6. The summed E-state index contributed by atoms with van der Waals surface area (Å²) in [5.74, 6) is 0.0548. The van der Waals surface area contributed by atoms with Gasteiger partial charge in [-0.15, -0.1) is 0 Å². The molecule has 2 atom stereocenters. The van der Waals surface area contributed by atoms with Crippen LogP contribution in [0, 0.1) is 11.7 Å². The van der Waals surface area contributed by atoms with E-state index in [1.807, 2.05) is 13.0 Å². The van der Waals surface area contributed by atoms with Crippen molar-refractivity contribution in [1.29, 1.82) is 0 Å². The van der Waals surface area contributed by atoms with Crippen LogP contribution < -0.4 is 15.8 Å². The molecule has 1 amide bonds. The van der Waals surface area contributed by atoms with Gasteiger partial charge in [0.15, 0.2) is 11.6 Å². The largest absolute Gasteiger partial charge is 0.490 e. The standard InChI is InChI=1S/C15H19FN2O2/c1-8(17)10-6-11-13(18-15(19)9-2-3-9)4-5-20-14(11)12(16)7-10/h6-9,13H,2-5,17H2,1H3,(H,18,19). The van der Waals surface area contributed by atoms with Gasteiger partial charge in [0.25, 0.3) is 0 Å². The number of carbonyl (C=O) groups is 1. The van der Waals surface area contributed by atoms with Gasteiger partial charge in [-0.25, -0.2) is 4.39 Å². The van der Waals surface area contributed by atoms with E-state index in [9.17, 15) is 9.18 Å². The zero-order chi connectivity index (χ0) is 14.3. The molecule has 5 heteroatoms. The van der Waals surface area contributed by atoms with E-state index in [1.165, 1.54) is 6.07 Å². The van der Waals surface area contributed by atoms with E-state index >= 15 is 0 Å². The third-order valence-electron chi connectivity index (χ3n) is 3.91. The number of amides is 1. The maximum Gasteiger partial charge on any atom is 0.223 e. The van der Waals surface area contributed by atoms with Crippen LogP contribution in [-0.2, 0) is 4.79 Å². The summed E-state index contributed by atoms with van der Waals surface area (Å²) in [6.07, 6.45) is 2.57. The number of carbonyl (C=O) groups excluding carboxylic acids is 1. The van der Waals surface area contributed by atoms with Crippen molar-refractivity contribution >= 4 is 5.91 Å². The van der Waals surface area contributed by atoms with Crippen LogP contribution in [0.4, 0.5) is 4.39 Å². The Morgan fingerprint density at radius 3 is 2.85 bits per heavy atom. The number of ether oxygens (including phenoxy) is 1. The van der Waals surface area contributed by atoms with Crippen molar-refractivity contribution in [3.8, 4) is 5.75 Å². The first-order chi connectivity index (χ1) is 9.56. The molecule has 20 heavy (non-hydrogen) atoms. The Morgan fingerprint density at radius 1 is 1.45 bits per heavy atom. The van der Waals surface area contributed by atoms with Crippen LogP contribution in [0.15, 0.2) is 12.1 Å². The second kappa shape index (κ2) is 5.05. The molecule has 0 aromatic heterocycles. The van der Waals surface area contributed by atoms with E-state index in [2.05, 4.69) is 5.32 Å². The molecule has 1 aliphatic carbocycles. The maximum atomic E-state index is 14.1. The van der Waals surface area contributed by atoms with Gasteiger partial charge in [-0.2, -0.15) is 0 Å². The maximum absolute atomic E-state index is 14.1. The Hall–Kier alpha value is -1.62. The van der Waals surface area contributed by atoms with E-state index in [1.54, 1.807) is 0 Å². The van der Waals surface area contributed by atoms with Gasteiger partial charge in [-0.3, -0.25) is 4.79 Å². The van der Waals surface area contributed by atoms with Crippen molar-refractivity contribution in [2.45, 2.75) is 38.3 Å². The van der Waals surface area contributed by atoms with Crippen LogP contribution in [0.2, 0.25) is 0 Å². The zero-order valence-electron chi connectivity index (χ0n) is 11.5. The summed E-state index contributed by atoms with van der Waals surface area (Å²) in [4.78, 5) is 11.9. The minimum absolute atomic E-state index is 0.0643. The highest BCUT2D eigenvalue weighted by molar-refractivity contribution is 5.81. The molecule has 1 aromatic carbocycles. The van der Waals surface area contributed by atoms with Crippen LogP contribution in [0.1, 0.15) is 49.4 Å². The molecule has 0 bridgehead atoms. The molecule has 0 spiro atoms. The van der Waals surface area contributed by atoms with Crippen molar-refractivity contribution in [1.82, 2.24) is 5.32 Å². The van der Waals surface area contributed by atoms with Gasteiger partial charge in [0.1, 0.15) is 0 Å². The lowest BCUT2D eigenvalue weighted by atomic mass is 9.95. The molecule has 3 rings (SSSR count). The van der Waals surface area contributed by atoms with E-state index in [0.29, 0.717) is 18.6 Å². The Labute approximate surface area is 117 Å². The van der Waals surface area contributed by atoms with Gasteiger partial charge in [0, 0.05) is 23.9 Å². The number of fused-ring (bicyclic) bond motifs is 1. The zero-order valence-corrected chi connectivity index (χ0v) is 11.5. The minimum Gasteiger partial charge on any atom is -0.490 e. The van der Waals surface area contributed by atoms with Crippen LogP contribution in [0.3, 0.4) is 0 Å². The molecule has 4 nitrogen and oxygen atoms in total. The Bertz CT molecular complexity index is 541. The fourth-order valence-corrected chi connectivity index (χ4v) is 2.53. The Morgan fingerprint density at radius 2 is 2.20 bits per heavy atom. The molecule has 1 fully saturated rings. The van der Waals surface area contributed by atoms with Crippen molar-refractivity contribution < 1.29 is 13.9 Å². The average Bonchev–Trinajstić information content (AvgIpc) is 3.23. The lowest BCUT2D eigenvalue weighted by molar-refractivity contribution is -0.123. The quantitative estimate of drug-likeness (QED) is 0.891. The molecular formula is C15H19FN2O2. The summed E-state index contributed by atoms with van der Waals surface area (Å²) >= 11 is 0. The molecule has 0 radical (unpaired) electrons. The lowest BCUT2D eigenvalue weighted by Crippen LogP contribution is -2.33. The van der Waals surface area contributed by atoms with Crippen LogP contribution in [0.5, 0.6) is 5.75 Å². The highest BCUT2D eigenvalue weighted by Gasteiger charge is 2.33. The minimum atomic E-state index is -0.403. The molecule has 0 saturated heterocycles. The summed E-state index contributed by atoms with van der Waals surface area (Å²) in [7, 11) is 0. The average molecular weight is 278 g/mol. The second-order valence-corrected chi connectivity index (χ2v) is 5.68. The predicted octanol–water partition coefficient (Wildman–Crippen LogP) is 2.20. The van der Waals surface area contributed by atoms with Gasteiger partial charge in [-0.05, 0) is 37.5 Å².